The van der Waals surface area contributed by atoms with Gasteiger partial charge in [0.05, 0.1) is 5.75 Å². The zero-order chi connectivity index (χ0) is 17.0. The highest BCUT2D eigenvalue weighted by molar-refractivity contribution is 7.92. The number of rotatable bonds is 6. The fourth-order valence-corrected chi connectivity index (χ4v) is 3.32. The Balaban J connectivity index is 1.66. The van der Waals surface area contributed by atoms with Gasteiger partial charge in [-0.15, -0.1) is 0 Å². The van der Waals surface area contributed by atoms with Crippen molar-refractivity contribution < 1.29 is 12.9 Å². The smallest absolute Gasteiger partial charge is 0.238 e. The van der Waals surface area contributed by atoms with Gasteiger partial charge in [0.2, 0.25) is 15.9 Å². The molecule has 7 heteroatoms. The number of sulfonamides is 1. The molecule has 0 amide bonds. The van der Waals surface area contributed by atoms with Crippen LogP contribution in [0.15, 0.2) is 65.2 Å². The minimum atomic E-state index is -3.51. The van der Waals surface area contributed by atoms with Gasteiger partial charge in [-0.25, -0.2) is 8.42 Å². The highest BCUT2D eigenvalue weighted by Gasteiger charge is 2.15. The monoisotopic (exact) mass is 362 g/mol. The van der Waals surface area contributed by atoms with Crippen molar-refractivity contribution >= 4 is 27.5 Å². The standard InChI is InChI=1S/C17H15ClN2O3S/c18-15-8-6-14(7-9-15)16-12-17(23-19-16)20-24(21,22)11-10-13-4-2-1-3-5-13/h1-9,12,20H,10-11H2. The van der Waals surface area contributed by atoms with Gasteiger partial charge in [-0.3, -0.25) is 4.72 Å². The Morgan fingerprint density at radius 3 is 2.46 bits per heavy atom. The first-order valence-electron chi connectivity index (χ1n) is 7.29. The summed E-state index contributed by atoms with van der Waals surface area (Å²) in [5, 5.41) is 4.49. The minimum absolute atomic E-state index is 0.0337. The zero-order valence-corrected chi connectivity index (χ0v) is 14.2. The van der Waals surface area contributed by atoms with Gasteiger partial charge in [-0.05, 0) is 24.1 Å². The van der Waals surface area contributed by atoms with Crippen LogP contribution in [-0.2, 0) is 16.4 Å². The van der Waals surface area contributed by atoms with E-state index in [0.717, 1.165) is 11.1 Å². The van der Waals surface area contributed by atoms with E-state index < -0.39 is 10.0 Å². The van der Waals surface area contributed by atoms with Gasteiger partial charge < -0.3 is 4.52 Å². The number of benzene rings is 2. The topological polar surface area (TPSA) is 72.2 Å². The molecule has 2 aromatic carbocycles. The highest BCUT2D eigenvalue weighted by Crippen LogP contribution is 2.23. The molecule has 0 atom stereocenters. The maximum atomic E-state index is 12.1. The lowest BCUT2D eigenvalue weighted by atomic mass is 10.1. The van der Waals surface area contributed by atoms with Gasteiger partial charge >= 0.3 is 0 Å². The fourth-order valence-electron chi connectivity index (χ4n) is 2.18. The molecular formula is C17H15ClN2O3S. The first kappa shape index (κ1) is 16.5. The van der Waals surface area contributed by atoms with Gasteiger partial charge in [0.15, 0.2) is 0 Å². The van der Waals surface area contributed by atoms with Gasteiger partial charge in [-0.1, -0.05) is 59.2 Å². The number of aryl methyl sites for hydroxylation is 1. The van der Waals surface area contributed by atoms with Gasteiger partial charge in [0, 0.05) is 16.7 Å². The van der Waals surface area contributed by atoms with Crippen molar-refractivity contribution in [2.45, 2.75) is 6.42 Å². The first-order chi connectivity index (χ1) is 11.5. The Labute approximate surface area is 145 Å². The summed E-state index contributed by atoms with van der Waals surface area (Å²) in [5.74, 6) is 0.0570. The van der Waals surface area contributed by atoms with E-state index in [9.17, 15) is 8.42 Å². The van der Waals surface area contributed by atoms with Crippen LogP contribution in [0.1, 0.15) is 5.56 Å². The summed E-state index contributed by atoms with van der Waals surface area (Å²) in [6, 6.07) is 18.0. The van der Waals surface area contributed by atoms with E-state index in [2.05, 4.69) is 9.88 Å². The molecule has 0 bridgehead atoms. The molecule has 3 aromatic rings. The lowest BCUT2D eigenvalue weighted by Gasteiger charge is -2.04. The van der Waals surface area contributed by atoms with E-state index in [-0.39, 0.29) is 11.6 Å². The van der Waals surface area contributed by atoms with Crippen LogP contribution >= 0.6 is 11.6 Å². The Morgan fingerprint density at radius 1 is 1.04 bits per heavy atom. The third-order valence-corrected chi connectivity index (χ3v) is 4.91. The lowest BCUT2D eigenvalue weighted by Crippen LogP contribution is -2.17. The SMILES string of the molecule is O=S(=O)(CCc1ccccc1)Nc1cc(-c2ccc(Cl)cc2)no1. The average molecular weight is 363 g/mol. The van der Waals surface area contributed by atoms with Crippen molar-refractivity contribution in [3.8, 4) is 11.3 Å². The number of aromatic nitrogens is 1. The van der Waals surface area contributed by atoms with Gasteiger partial charge in [0.1, 0.15) is 5.69 Å². The molecule has 24 heavy (non-hydrogen) atoms. The molecule has 0 radical (unpaired) electrons. The number of hydrogen-bond acceptors (Lipinski definition) is 4. The fraction of sp³-hybridized carbons (Fsp3) is 0.118. The molecule has 1 aromatic heterocycles. The molecule has 5 nitrogen and oxygen atoms in total. The number of halogens is 1. The molecule has 1 heterocycles. The van der Waals surface area contributed by atoms with Crippen LogP contribution in [0.4, 0.5) is 5.88 Å². The predicted octanol–water partition coefficient (Wildman–Crippen LogP) is 3.98. The van der Waals surface area contributed by atoms with E-state index in [1.54, 1.807) is 30.3 Å². The lowest BCUT2D eigenvalue weighted by molar-refractivity contribution is 0.438. The molecule has 0 aliphatic heterocycles. The Bertz CT molecular complexity index is 907. The van der Waals surface area contributed by atoms with E-state index in [1.165, 1.54) is 0 Å². The van der Waals surface area contributed by atoms with Crippen LogP contribution in [0, 0.1) is 0 Å². The van der Waals surface area contributed by atoms with Crippen molar-refractivity contribution in [2.75, 3.05) is 10.5 Å². The van der Waals surface area contributed by atoms with Crippen LogP contribution in [0.3, 0.4) is 0 Å². The normalized spacial score (nSPS) is 11.4. The molecule has 124 valence electrons. The highest BCUT2D eigenvalue weighted by atomic mass is 35.5. The largest absolute Gasteiger partial charge is 0.337 e. The number of nitrogens with one attached hydrogen (secondary N) is 1. The van der Waals surface area contributed by atoms with Crippen molar-refractivity contribution in [3.05, 3.63) is 71.2 Å². The summed E-state index contributed by atoms with van der Waals surface area (Å²) in [5.41, 5.74) is 2.28. The van der Waals surface area contributed by atoms with Crippen molar-refractivity contribution in [2.24, 2.45) is 0 Å². The minimum Gasteiger partial charge on any atom is -0.337 e. The molecule has 0 fully saturated rings. The second kappa shape index (κ2) is 7.07. The summed E-state index contributed by atoms with van der Waals surface area (Å²) in [6.07, 6.45) is 0.425. The first-order valence-corrected chi connectivity index (χ1v) is 9.32. The maximum Gasteiger partial charge on any atom is 0.238 e. The van der Waals surface area contributed by atoms with Crippen molar-refractivity contribution in [1.29, 1.82) is 0 Å². The summed E-state index contributed by atoms with van der Waals surface area (Å²) >= 11 is 5.84. The molecule has 0 spiro atoms. The Hall–Kier alpha value is -2.31. The van der Waals surface area contributed by atoms with Crippen molar-refractivity contribution in [3.63, 3.8) is 0 Å². The van der Waals surface area contributed by atoms with Gasteiger partial charge in [0.25, 0.3) is 0 Å². The molecule has 0 saturated carbocycles. The van der Waals surface area contributed by atoms with Crippen LogP contribution < -0.4 is 4.72 Å². The summed E-state index contributed by atoms with van der Waals surface area (Å²) < 4.78 is 31.8. The molecule has 1 N–H and O–H groups in total. The van der Waals surface area contributed by atoms with Crippen LogP contribution in [0.5, 0.6) is 0 Å². The summed E-state index contributed by atoms with van der Waals surface area (Å²) in [7, 11) is -3.51. The third-order valence-electron chi connectivity index (χ3n) is 3.41. The zero-order valence-electron chi connectivity index (χ0n) is 12.6. The number of nitrogens with zero attached hydrogens (tertiary/aromatic N) is 1. The molecule has 0 aliphatic rings. The second-order valence-corrected chi connectivity index (χ2v) is 7.52. The van der Waals surface area contributed by atoms with Crippen molar-refractivity contribution in [1.82, 2.24) is 5.16 Å². The number of anilines is 1. The second-order valence-electron chi connectivity index (χ2n) is 5.24. The Morgan fingerprint density at radius 2 is 1.75 bits per heavy atom. The molecule has 3 rings (SSSR count). The van der Waals surface area contributed by atoms with Crippen LogP contribution in [0.25, 0.3) is 11.3 Å². The molecule has 0 aliphatic carbocycles. The summed E-state index contributed by atoms with van der Waals surface area (Å²) in [6.45, 7) is 0. The van der Waals surface area contributed by atoms with Crippen LogP contribution in [-0.4, -0.2) is 19.3 Å². The third kappa shape index (κ3) is 4.37. The van der Waals surface area contributed by atoms with E-state index in [4.69, 9.17) is 16.1 Å². The Kier molecular flexibility index (Phi) is 4.87. The van der Waals surface area contributed by atoms with E-state index in [0.29, 0.717) is 17.1 Å². The van der Waals surface area contributed by atoms with E-state index in [1.807, 2.05) is 30.3 Å². The molecule has 0 saturated heterocycles. The predicted molar refractivity (Wildman–Crippen MR) is 94.5 cm³/mol. The maximum absolute atomic E-state index is 12.1. The summed E-state index contributed by atoms with van der Waals surface area (Å²) in [4.78, 5) is 0. The van der Waals surface area contributed by atoms with Crippen LogP contribution in [0.2, 0.25) is 5.02 Å². The number of hydrogen-bond donors (Lipinski definition) is 1. The van der Waals surface area contributed by atoms with E-state index >= 15 is 0 Å². The molecule has 0 unspecified atom stereocenters. The quantitative estimate of drug-likeness (QED) is 0.719. The average Bonchev–Trinajstić information content (AvgIpc) is 3.02. The van der Waals surface area contributed by atoms with Gasteiger partial charge in [-0.2, -0.15) is 0 Å². The molecular weight excluding hydrogens is 348 g/mol.